The standard InChI is InChI=1S/C12H10O4.2C11H10O4/c1-7(13)11-9(15-2)5-3-8-4-6-10(14)16-12(8)11;1-13-8-5-3-7-4-6-9(12)15-10(7)11(8)14-2;1-13-9-5-7-3-4-11(12)15-8(7)6-10(9)14-2/h3-6H,1-2H3;2*3-6H,1-2H3. The molecule has 0 atom stereocenters. The molecule has 6 aromatic rings. The van der Waals surface area contributed by atoms with Crippen molar-refractivity contribution in [1.29, 1.82) is 0 Å². The van der Waals surface area contributed by atoms with Gasteiger partial charge in [-0.3, -0.25) is 4.79 Å². The maximum absolute atomic E-state index is 11.5. The highest BCUT2D eigenvalue weighted by molar-refractivity contribution is 6.07. The summed E-state index contributed by atoms with van der Waals surface area (Å²) in [7, 11) is 7.59. The number of rotatable bonds is 6. The molecule has 0 saturated heterocycles. The Morgan fingerprint density at radius 2 is 0.957 bits per heavy atom. The molecule has 0 N–H and O–H groups in total. The molecule has 0 fully saturated rings. The summed E-state index contributed by atoms with van der Waals surface area (Å²) in [6, 6.07) is 19.4. The summed E-state index contributed by atoms with van der Waals surface area (Å²) in [5.74, 6) is 2.34. The number of methoxy groups -OCH3 is 5. The zero-order valence-electron chi connectivity index (χ0n) is 25.8. The first-order valence-electron chi connectivity index (χ1n) is 13.6. The average Bonchev–Trinajstić information content (AvgIpc) is 3.06. The monoisotopic (exact) mass is 630 g/mol. The van der Waals surface area contributed by atoms with Gasteiger partial charge in [-0.05, 0) is 55.5 Å². The molecule has 3 aromatic carbocycles. The minimum atomic E-state index is -0.483. The molecule has 0 aliphatic carbocycles. The Balaban J connectivity index is 0.000000157. The van der Waals surface area contributed by atoms with Crippen LogP contribution in [0.25, 0.3) is 32.9 Å². The van der Waals surface area contributed by atoms with E-state index in [1.165, 1.54) is 53.6 Å². The summed E-state index contributed by atoms with van der Waals surface area (Å²) < 4.78 is 40.7. The van der Waals surface area contributed by atoms with Crippen molar-refractivity contribution < 1.29 is 41.7 Å². The number of benzene rings is 3. The van der Waals surface area contributed by atoms with E-state index >= 15 is 0 Å². The van der Waals surface area contributed by atoms with Gasteiger partial charge < -0.3 is 36.9 Å². The Labute approximate surface area is 261 Å². The second kappa shape index (κ2) is 14.6. The van der Waals surface area contributed by atoms with Crippen molar-refractivity contribution in [2.45, 2.75) is 6.92 Å². The number of fused-ring (bicyclic) bond motifs is 3. The van der Waals surface area contributed by atoms with Crippen LogP contribution in [0.5, 0.6) is 28.7 Å². The Kier molecular flexibility index (Phi) is 10.4. The van der Waals surface area contributed by atoms with Crippen LogP contribution in [0, 0.1) is 0 Å². The summed E-state index contributed by atoms with van der Waals surface area (Å²) in [5, 5.41) is 2.30. The molecule has 0 bridgehead atoms. The van der Waals surface area contributed by atoms with E-state index in [9.17, 15) is 19.2 Å². The number of ketones is 1. The lowest BCUT2D eigenvalue weighted by molar-refractivity contribution is 0.101. The first-order chi connectivity index (χ1) is 22.1. The summed E-state index contributed by atoms with van der Waals surface area (Å²) in [4.78, 5) is 44.7. The lowest BCUT2D eigenvalue weighted by Crippen LogP contribution is -2.02. The second-order valence-corrected chi connectivity index (χ2v) is 9.35. The summed E-state index contributed by atoms with van der Waals surface area (Å²) in [6.07, 6.45) is 0. The van der Waals surface area contributed by atoms with E-state index in [0.29, 0.717) is 50.9 Å². The van der Waals surface area contributed by atoms with Gasteiger partial charge >= 0.3 is 16.9 Å². The molecular weight excluding hydrogens is 600 g/mol. The van der Waals surface area contributed by atoms with E-state index in [1.54, 1.807) is 61.7 Å². The van der Waals surface area contributed by atoms with E-state index in [4.69, 9.17) is 36.9 Å². The SMILES string of the molecule is COc1cc2ccc(=O)oc2cc1OC.COc1ccc2ccc(=O)oc2c1C(C)=O.COc1ccc2ccc(=O)oc2c1OC. The minimum absolute atomic E-state index is 0.197. The van der Waals surface area contributed by atoms with Crippen molar-refractivity contribution >= 4 is 38.7 Å². The van der Waals surface area contributed by atoms with Crippen molar-refractivity contribution in [2.75, 3.05) is 35.5 Å². The quantitative estimate of drug-likeness (QED) is 0.166. The van der Waals surface area contributed by atoms with Crippen LogP contribution in [-0.2, 0) is 0 Å². The first kappa shape index (κ1) is 32.9. The third-order valence-electron chi connectivity index (χ3n) is 6.58. The molecule has 46 heavy (non-hydrogen) atoms. The summed E-state index contributed by atoms with van der Waals surface area (Å²) in [5.41, 5.74) is 0.202. The Morgan fingerprint density at radius 1 is 0.500 bits per heavy atom. The van der Waals surface area contributed by atoms with Gasteiger partial charge in [0.2, 0.25) is 5.75 Å². The molecule has 0 spiro atoms. The molecule has 0 aliphatic rings. The smallest absolute Gasteiger partial charge is 0.336 e. The van der Waals surface area contributed by atoms with E-state index < -0.39 is 11.3 Å². The fourth-order valence-electron chi connectivity index (χ4n) is 4.46. The van der Waals surface area contributed by atoms with Gasteiger partial charge in [0.05, 0.1) is 35.5 Å². The number of ether oxygens (including phenoxy) is 5. The minimum Gasteiger partial charge on any atom is -0.496 e. The van der Waals surface area contributed by atoms with Gasteiger partial charge in [-0.25, -0.2) is 14.4 Å². The fraction of sp³-hybridized carbons (Fsp3) is 0.176. The average molecular weight is 631 g/mol. The largest absolute Gasteiger partial charge is 0.496 e. The molecule has 0 aliphatic heterocycles. The Hall–Kier alpha value is -6.04. The van der Waals surface area contributed by atoms with Gasteiger partial charge in [0, 0.05) is 40.4 Å². The van der Waals surface area contributed by atoms with Crippen LogP contribution in [0.15, 0.2) is 100 Å². The molecule has 12 heteroatoms. The van der Waals surface area contributed by atoms with E-state index in [0.717, 1.165) is 10.8 Å². The van der Waals surface area contributed by atoms with Crippen LogP contribution in [0.2, 0.25) is 0 Å². The zero-order valence-corrected chi connectivity index (χ0v) is 25.8. The number of carbonyl (C=O) groups excluding carboxylic acids is 1. The fourth-order valence-corrected chi connectivity index (χ4v) is 4.46. The predicted octanol–water partition coefficient (Wildman–Crippen LogP) is 5.62. The van der Waals surface area contributed by atoms with Crippen LogP contribution in [0.4, 0.5) is 0 Å². The number of hydrogen-bond donors (Lipinski definition) is 0. The number of Topliss-reactive ketones (excluding diaryl/α,β-unsaturated/α-hetero) is 1. The lowest BCUT2D eigenvalue weighted by atomic mass is 10.1. The number of hydrogen-bond acceptors (Lipinski definition) is 12. The van der Waals surface area contributed by atoms with E-state index in [2.05, 4.69) is 0 Å². The van der Waals surface area contributed by atoms with Crippen LogP contribution >= 0.6 is 0 Å². The van der Waals surface area contributed by atoms with Gasteiger partial charge in [0.1, 0.15) is 16.9 Å². The van der Waals surface area contributed by atoms with Crippen molar-refractivity contribution in [3.63, 3.8) is 0 Å². The molecule has 0 saturated carbocycles. The highest BCUT2D eigenvalue weighted by Crippen LogP contribution is 2.34. The van der Waals surface area contributed by atoms with Gasteiger partial charge in [0.15, 0.2) is 34.2 Å². The molecule has 238 valence electrons. The lowest BCUT2D eigenvalue weighted by Gasteiger charge is -2.08. The summed E-state index contributed by atoms with van der Waals surface area (Å²) >= 11 is 0. The van der Waals surface area contributed by atoms with Gasteiger partial charge in [-0.2, -0.15) is 0 Å². The van der Waals surface area contributed by atoms with Gasteiger partial charge in [-0.15, -0.1) is 0 Å². The van der Waals surface area contributed by atoms with Crippen LogP contribution < -0.4 is 40.6 Å². The molecular formula is C34H30O12. The maximum Gasteiger partial charge on any atom is 0.336 e. The number of carbonyl (C=O) groups is 1. The molecule has 3 aromatic heterocycles. The van der Waals surface area contributed by atoms with E-state index in [1.807, 2.05) is 0 Å². The maximum atomic E-state index is 11.5. The van der Waals surface area contributed by atoms with Crippen molar-refractivity contribution in [3.8, 4) is 28.7 Å². The van der Waals surface area contributed by atoms with Gasteiger partial charge in [-0.1, -0.05) is 0 Å². The first-order valence-corrected chi connectivity index (χ1v) is 13.6. The molecule has 6 rings (SSSR count). The highest BCUT2D eigenvalue weighted by atomic mass is 16.5. The third kappa shape index (κ3) is 7.18. The summed E-state index contributed by atoms with van der Waals surface area (Å²) in [6.45, 7) is 1.41. The Morgan fingerprint density at radius 3 is 1.50 bits per heavy atom. The second-order valence-electron chi connectivity index (χ2n) is 9.35. The Bertz CT molecular complexity index is 2180. The molecule has 0 amide bonds. The zero-order chi connectivity index (χ0) is 33.4. The van der Waals surface area contributed by atoms with E-state index in [-0.39, 0.29) is 17.0 Å². The highest BCUT2D eigenvalue weighted by Gasteiger charge is 2.15. The molecule has 12 nitrogen and oxygen atoms in total. The van der Waals surface area contributed by atoms with Gasteiger partial charge in [0.25, 0.3) is 0 Å². The van der Waals surface area contributed by atoms with Crippen LogP contribution in [0.3, 0.4) is 0 Å². The van der Waals surface area contributed by atoms with Crippen LogP contribution in [-0.4, -0.2) is 41.3 Å². The van der Waals surface area contributed by atoms with Crippen molar-refractivity contribution in [1.82, 2.24) is 0 Å². The topological polar surface area (TPSA) is 154 Å². The molecule has 0 unspecified atom stereocenters. The normalized spacial score (nSPS) is 10.3. The molecule has 3 heterocycles. The molecule has 0 radical (unpaired) electrons. The third-order valence-corrected chi connectivity index (χ3v) is 6.58. The predicted molar refractivity (Wildman–Crippen MR) is 170 cm³/mol. The van der Waals surface area contributed by atoms with Crippen molar-refractivity contribution in [2.24, 2.45) is 0 Å². The van der Waals surface area contributed by atoms with Crippen molar-refractivity contribution in [3.05, 3.63) is 110 Å². The van der Waals surface area contributed by atoms with Crippen LogP contribution in [0.1, 0.15) is 17.3 Å².